The van der Waals surface area contributed by atoms with Crippen LogP contribution in [-0.4, -0.2) is 31.0 Å². The highest BCUT2D eigenvalue weighted by Crippen LogP contribution is 2.29. The van der Waals surface area contributed by atoms with Gasteiger partial charge in [-0.1, -0.05) is 40.7 Å². The Bertz CT molecular complexity index is 1210. The van der Waals surface area contributed by atoms with E-state index in [0.29, 0.717) is 39.4 Å². The Hall–Kier alpha value is -3.52. The first kappa shape index (κ1) is 15.7. The van der Waals surface area contributed by atoms with Crippen molar-refractivity contribution in [3.63, 3.8) is 0 Å². The smallest absolute Gasteiger partial charge is 0.346 e. The van der Waals surface area contributed by atoms with Crippen molar-refractivity contribution in [3.8, 4) is 17.3 Å². The minimum Gasteiger partial charge on any atom is -0.348 e. The predicted molar refractivity (Wildman–Crippen MR) is 97.2 cm³/mol. The molecule has 4 aromatic rings. The van der Waals surface area contributed by atoms with Crippen molar-refractivity contribution in [2.45, 2.75) is 6.54 Å². The SMILES string of the molecule is O=C1NCc2ccc(-c3nc(On4nnc5ccccc54)ncc3Cl)cc21. The van der Waals surface area contributed by atoms with Gasteiger partial charge in [-0.25, -0.2) is 4.98 Å². The van der Waals surface area contributed by atoms with Crippen LogP contribution in [-0.2, 0) is 6.54 Å². The Morgan fingerprint density at radius 2 is 2.07 bits per heavy atom. The third kappa shape index (κ3) is 2.67. The molecule has 3 heterocycles. The lowest BCUT2D eigenvalue weighted by Crippen LogP contribution is -2.12. The average molecular weight is 379 g/mol. The van der Waals surface area contributed by atoms with Gasteiger partial charge in [0.25, 0.3) is 5.91 Å². The molecule has 5 rings (SSSR count). The van der Waals surface area contributed by atoms with Gasteiger partial charge in [0.2, 0.25) is 0 Å². The number of hydrogen-bond acceptors (Lipinski definition) is 6. The van der Waals surface area contributed by atoms with Gasteiger partial charge in [-0.05, 0) is 29.0 Å². The molecule has 0 spiro atoms. The fourth-order valence-corrected chi connectivity index (χ4v) is 3.15. The highest BCUT2D eigenvalue weighted by Gasteiger charge is 2.20. The third-order valence-electron chi connectivity index (χ3n) is 4.28. The summed E-state index contributed by atoms with van der Waals surface area (Å²) in [5.41, 5.74) is 4.11. The Morgan fingerprint density at radius 3 is 3.00 bits per heavy atom. The van der Waals surface area contributed by atoms with Crippen LogP contribution < -0.4 is 10.2 Å². The van der Waals surface area contributed by atoms with Gasteiger partial charge in [0.1, 0.15) is 11.0 Å². The molecule has 9 heteroatoms. The van der Waals surface area contributed by atoms with Crippen molar-refractivity contribution in [1.29, 1.82) is 0 Å². The number of carbonyl (C=O) groups excluding carboxylic acids is 1. The number of nitrogens with one attached hydrogen (secondary N) is 1. The second-order valence-corrected chi connectivity index (χ2v) is 6.35. The van der Waals surface area contributed by atoms with E-state index in [-0.39, 0.29) is 11.9 Å². The van der Waals surface area contributed by atoms with Crippen LogP contribution in [0.25, 0.3) is 22.3 Å². The zero-order valence-electron chi connectivity index (χ0n) is 13.8. The number of fused-ring (bicyclic) bond motifs is 2. The van der Waals surface area contributed by atoms with Crippen LogP contribution >= 0.6 is 11.6 Å². The quantitative estimate of drug-likeness (QED) is 0.589. The minimum absolute atomic E-state index is 0.0648. The number of nitrogens with zero attached hydrogens (tertiary/aromatic N) is 5. The summed E-state index contributed by atoms with van der Waals surface area (Å²) in [6, 6.07) is 12.9. The molecule has 0 atom stereocenters. The molecule has 8 nitrogen and oxygen atoms in total. The van der Waals surface area contributed by atoms with Crippen LogP contribution in [0.4, 0.5) is 0 Å². The molecule has 1 aliphatic rings. The molecule has 27 heavy (non-hydrogen) atoms. The van der Waals surface area contributed by atoms with E-state index in [1.54, 1.807) is 6.07 Å². The topological polar surface area (TPSA) is 94.8 Å². The highest BCUT2D eigenvalue weighted by atomic mass is 35.5. The molecule has 0 saturated heterocycles. The standard InChI is InChI=1S/C18H11ClN6O2/c19-13-9-21-18(27-25-15-4-2-1-3-14(15)23-24-25)22-16(13)10-5-6-11-8-20-17(26)12(11)7-10/h1-7,9H,8H2,(H,20,26). The Kier molecular flexibility index (Phi) is 3.51. The average Bonchev–Trinajstić information content (AvgIpc) is 3.27. The number of amides is 1. The molecule has 1 amide bonds. The van der Waals surface area contributed by atoms with Gasteiger partial charge in [0, 0.05) is 17.7 Å². The van der Waals surface area contributed by atoms with E-state index >= 15 is 0 Å². The summed E-state index contributed by atoms with van der Waals surface area (Å²) in [5.74, 6) is -0.109. The van der Waals surface area contributed by atoms with Gasteiger partial charge in [-0.15, -0.1) is 5.10 Å². The molecule has 2 aromatic heterocycles. The number of aromatic nitrogens is 5. The summed E-state index contributed by atoms with van der Waals surface area (Å²) in [5, 5.41) is 11.1. The second-order valence-electron chi connectivity index (χ2n) is 5.95. The molecular formula is C18H11ClN6O2. The first-order chi connectivity index (χ1) is 13.2. The van der Waals surface area contributed by atoms with Crippen LogP contribution in [0.5, 0.6) is 6.01 Å². The van der Waals surface area contributed by atoms with Crippen LogP contribution in [0.3, 0.4) is 0 Å². The molecule has 0 bridgehead atoms. The fourth-order valence-electron chi connectivity index (χ4n) is 2.95. The van der Waals surface area contributed by atoms with Crippen LogP contribution in [0.1, 0.15) is 15.9 Å². The first-order valence-electron chi connectivity index (χ1n) is 8.12. The number of benzene rings is 2. The van der Waals surface area contributed by atoms with Gasteiger partial charge in [0.15, 0.2) is 0 Å². The lowest BCUT2D eigenvalue weighted by atomic mass is 10.0. The number of halogens is 1. The van der Waals surface area contributed by atoms with Crippen molar-refractivity contribution in [3.05, 3.63) is 64.8 Å². The Labute approximate surface area is 157 Å². The summed E-state index contributed by atoms with van der Waals surface area (Å²) in [6.45, 7) is 0.527. The zero-order chi connectivity index (χ0) is 18.4. The number of rotatable bonds is 3. The van der Waals surface area contributed by atoms with Crippen molar-refractivity contribution in [2.75, 3.05) is 0 Å². The predicted octanol–water partition coefficient (Wildman–Crippen LogP) is 2.63. The minimum atomic E-state index is -0.109. The summed E-state index contributed by atoms with van der Waals surface area (Å²) >= 11 is 6.28. The molecule has 1 aliphatic heterocycles. The van der Waals surface area contributed by atoms with Gasteiger partial charge in [-0.2, -0.15) is 4.98 Å². The molecule has 132 valence electrons. The molecule has 2 aromatic carbocycles. The lowest BCUT2D eigenvalue weighted by molar-refractivity contribution is 0.0966. The van der Waals surface area contributed by atoms with Crippen molar-refractivity contribution in [1.82, 2.24) is 30.4 Å². The number of para-hydroxylation sites is 1. The van der Waals surface area contributed by atoms with E-state index < -0.39 is 0 Å². The van der Waals surface area contributed by atoms with Crippen molar-refractivity contribution < 1.29 is 9.63 Å². The van der Waals surface area contributed by atoms with Gasteiger partial charge >= 0.3 is 6.01 Å². The molecule has 0 saturated carbocycles. The molecule has 1 N–H and O–H groups in total. The fraction of sp³-hybridized carbons (Fsp3) is 0.0556. The molecule has 0 fully saturated rings. The third-order valence-corrected chi connectivity index (χ3v) is 4.56. The van der Waals surface area contributed by atoms with Gasteiger partial charge < -0.3 is 10.2 Å². The monoisotopic (exact) mass is 378 g/mol. The number of carbonyl (C=O) groups is 1. The first-order valence-corrected chi connectivity index (χ1v) is 8.50. The second kappa shape index (κ2) is 6.03. The summed E-state index contributed by atoms with van der Waals surface area (Å²) < 4.78 is 0. The maximum absolute atomic E-state index is 11.9. The normalized spacial score (nSPS) is 12.9. The van der Waals surface area contributed by atoms with Gasteiger partial charge in [0.05, 0.1) is 16.9 Å². The van der Waals surface area contributed by atoms with Crippen LogP contribution in [0.2, 0.25) is 5.02 Å². The van der Waals surface area contributed by atoms with Crippen LogP contribution in [0.15, 0.2) is 48.7 Å². The van der Waals surface area contributed by atoms with E-state index in [1.165, 1.54) is 11.0 Å². The Morgan fingerprint density at radius 1 is 1.19 bits per heavy atom. The highest BCUT2D eigenvalue weighted by molar-refractivity contribution is 6.32. The zero-order valence-corrected chi connectivity index (χ0v) is 14.5. The Balaban J connectivity index is 1.54. The van der Waals surface area contributed by atoms with E-state index in [9.17, 15) is 4.79 Å². The maximum atomic E-state index is 11.9. The molecule has 0 aliphatic carbocycles. The molecule has 0 radical (unpaired) electrons. The summed E-state index contributed by atoms with van der Waals surface area (Å²) in [4.78, 5) is 27.3. The molecular weight excluding hydrogens is 368 g/mol. The van der Waals surface area contributed by atoms with E-state index in [1.807, 2.05) is 36.4 Å². The van der Waals surface area contributed by atoms with Crippen molar-refractivity contribution in [2.24, 2.45) is 0 Å². The van der Waals surface area contributed by atoms with E-state index in [2.05, 4.69) is 25.6 Å². The molecule has 0 unspecified atom stereocenters. The van der Waals surface area contributed by atoms with Crippen LogP contribution in [0, 0.1) is 0 Å². The van der Waals surface area contributed by atoms with E-state index in [4.69, 9.17) is 16.4 Å². The summed E-state index contributed by atoms with van der Waals surface area (Å²) in [7, 11) is 0. The van der Waals surface area contributed by atoms with Crippen molar-refractivity contribution >= 4 is 28.5 Å². The lowest BCUT2D eigenvalue weighted by Gasteiger charge is -2.08. The summed E-state index contributed by atoms with van der Waals surface area (Å²) in [6.07, 6.45) is 1.45. The van der Waals surface area contributed by atoms with E-state index in [0.717, 1.165) is 5.56 Å². The maximum Gasteiger partial charge on any atom is 0.346 e. The largest absolute Gasteiger partial charge is 0.348 e. The van der Waals surface area contributed by atoms with Gasteiger partial charge in [-0.3, -0.25) is 4.79 Å². The number of hydrogen-bond donors (Lipinski definition) is 1.